The van der Waals surface area contributed by atoms with Crippen LogP contribution in [0.1, 0.15) is 12.8 Å². The fourth-order valence-corrected chi connectivity index (χ4v) is 2.30. The van der Waals surface area contributed by atoms with Gasteiger partial charge in [0.15, 0.2) is 0 Å². The number of hydrogen-bond acceptors (Lipinski definition) is 3. The summed E-state index contributed by atoms with van der Waals surface area (Å²) in [6.07, 6.45) is 3.61. The van der Waals surface area contributed by atoms with Crippen molar-refractivity contribution in [3.8, 4) is 5.88 Å². The van der Waals surface area contributed by atoms with Crippen LogP contribution in [0.15, 0.2) is 18.3 Å². The van der Waals surface area contributed by atoms with Crippen molar-refractivity contribution in [2.45, 2.75) is 18.9 Å². The summed E-state index contributed by atoms with van der Waals surface area (Å²) >= 11 is 2.22. The highest BCUT2D eigenvalue weighted by molar-refractivity contribution is 14.1. The Bertz CT molecular complexity index is 347. The largest absolute Gasteiger partial charge is 0.473 e. The number of alkyl halides is 1. The Morgan fingerprint density at radius 1 is 1.53 bits per heavy atom. The van der Waals surface area contributed by atoms with Crippen LogP contribution < -0.4 is 4.74 Å². The lowest BCUT2D eigenvalue weighted by molar-refractivity contribution is 0.191. The highest BCUT2D eigenvalue weighted by Gasteiger charge is 2.23. The molecule has 2 heterocycles. The standard InChI is InChI=1S/C12H16FIN2O/c13-5-1-6-16-7-4-11(9-16)17-12-3-2-10(14)8-15-12/h2-3,8,11H,1,4-7,9H2/t11-/m0/s1. The van der Waals surface area contributed by atoms with E-state index in [9.17, 15) is 4.39 Å². The molecule has 17 heavy (non-hydrogen) atoms. The number of likely N-dealkylation sites (tertiary alicyclic amines) is 1. The van der Waals surface area contributed by atoms with Crippen LogP contribution in [0.25, 0.3) is 0 Å². The van der Waals surface area contributed by atoms with Gasteiger partial charge in [-0.05, 0) is 41.5 Å². The maximum Gasteiger partial charge on any atom is 0.213 e. The van der Waals surface area contributed by atoms with E-state index in [1.165, 1.54) is 0 Å². The van der Waals surface area contributed by atoms with Gasteiger partial charge in [0.25, 0.3) is 0 Å². The molecule has 0 amide bonds. The van der Waals surface area contributed by atoms with Crippen LogP contribution >= 0.6 is 22.6 Å². The zero-order chi connectivity index (χ0) is 12.1. The average Bonchev–Trinajstić information content (AvgIpc) is 2.77. The molecule has 0 radical (unpaired) electrons. The Kier molecular flexibility index (Phi) is 4.97. The summed E-state index contributed by atoms with van der Waals surface area (Å²) in [6, 6.07) is 3.88. The molecule has 0 bridgehead atoms. The molecule has 0 spiro atoms. The predicted octanol–water partition coefficient (Wildman–Crippen LogP) is 2.50. The van der Waals surface area contributed by atoms with Gasteiger partial charge in [-0.25, -0.2) is 4.98 Å². The number of hydrogen-bond donors (Lipinski definition) is 0. The molecule has 1 aromatic heterocycles. The van der Waals surface area contributed by atoms with E-state index >= 15 is 0 Å². The molecular formula is C12H16FIN2O. The van der Waals surface area contributed by atoms with Gasteiger partial charge in [-0.15, -0.1) is 0 Å². The molecule has 0 aliphatic carbocycles. The highest BCUT2D eigenvalue weighted by atomic mass is 127. The molecule has 2 rings (SSSR count). The van der Waals surface area contributed by atoms with E-state index in [1.807, 2.05) is 12.1 Å². The van der Waals surface area contributed by atoms with Crippen molar-refractivity contribution >= 4 is 22.6 Å². The summed E-state index contributed by atoms with van der Waals surface area (Å²) in [5.41, 5.74) is 0. The van der Waals surface area contributed by atoms with E-state index < -0.39 is 0 Å². The van der Waals surface area contributed by atoms with Crippen molar-refractivity contribution in [2.75, 3.05) is 26.3 Å². The molecular weight excluding hydrogens is 334 g/mol. The lowest BCUT2D eigenvalue weighted by Gasteiger charge is -2.15. The topological polar surface area (TPSA) is 25.4 Å². The molecule has 0 saturated carbocycles. The molecule has 1 saturated heterocycles. The zero-order valence-corrected chi connectivity index (χ0v) is 11.8. The van der Waals surface area contributed by atoms with Crippen LogP contribution in [0, 0.1) is 3.57 Å². The molecule has 94 valence electrons. The summed E-state index contributed by atoms with van der Waals surface area (Å²) in [6.45, 7) is 2.47. The number of ether oxygens (including phenoxy) is 1. The van der Waals surface area contributed by atoms with Crippen LogP contribution in [0.3, 0.4) is 0 Å². The number of rotatable bonds is 5. The summed E-state index contributed by atoms with van der Waals surface area (Å²) in [4.78, 5) is 6.47. The molecule has 5 heteroatoms. The van der Waals surface area contributed by atoms with Crippen LogP contribution in [0.2, 0.25) is 0 Å². The summed E-state index contributed by atoms with van der Waals surface area (Å²) in [5, 5.41) is 0. The molecule has 3 nitrogen and oxygen atoms in total. The second kappa shape index (κ2) is 6.49. The van der Waals surface area contributed by atoms with Crippen molar-refractivity contribution in [3.05, 3.63) is 21.9 Å². The molecule has 0 N–H and O–H groups in total. The minimum Gasteiger partial charge on any atom is -0.473 e. The van der Waals surface area contributed by atoms with Crippen molar-refractivity contribution in [3.63, 3.8) is 0 Å². The van der Waals surface area contributed by atoms with E-state index in [4.69, 9.17) is 4.74 Å². The third-order valence-electron chi connectivity index (χ3n) is 2.82. The SMILES string of the molecule is FCCCN1CC[C@H](Oc2ccc(I)cn2)C1. The molecule has 1 aliphatic heterocycles. The summed E-state index contributed by atoms with van der Waals surface area (Å²) < 4.78 is 19.0. The first-order valence-electron chi connectivity index (χ1n) is 5.84. The minimum atomic E-state index is -0.235. The van der Waals surface area contributed by atoms with E-state index in [0.717, 1.165) is 29.6 Å². The monoisotopic (exact) mass is 350 g/mol. The predicted molar refractivity (Wildman–Crippen MR) is 73.0 cm³/mol. The second-order valence-electron chi connectivity index (χ2n) is 4.19. The first-order valence-corrected chi connectivity index (χ1v) is 6.92. The van der Waals surface area contributed by atoms with Gasteiger partial charge < -0.3 is 4.74 Å². The zero-order valence-electron chi connectivity index (χ0n) is 9.61. The fourth-order valence-electron chi connectivity index (χ4n) is 1.98. The number of aromatic nitrogens is 1. The van der Waals surface area contributed by atoms with Gasteiger partial charge in [0, 0.05) is 35.5 Å². The molecule has 1 fully saturated rings. The first kappa shape index (κ1) is 13.0. The maximum atomic E-state index is 12.1. The third kappa shape index (κ3) is 4.06. The van der Waals surface area contributed by atoms with Crippen molar-refractivity contribution in [1.82, 2.24) is 9.88 Å². The van der Waals surface area contributed by atoms with Crippen molar-refractivity contribution in [1.29, 1.82) is 0 Å². The van der Waals surface area contributed by atoms with Gasteiger partial charge in [0.05, 0.1) is 6.67 Å². The van der Waals surface area contributed by atoms with Crippen LogP contribution in [0.5, 0.6) is 5.88 Å². The van der Waals surface area contributed by atoms with Gasteiger partial charge in [-0.1, -0.05) is 0 Å². The normalized spacial score (nSPS) is 20.7. The Labute approximate surface area is 115 Å². The first-order chi connectivity index (χ1) is 8.28. The van der Waals surface area contributed by atoms with Crippen LogP contribution in [-0.4, -0.2) is 42.3 Å². The minimum absolute atomic E-state index is 0.196. The van der Waals surface area contributed by atoms with Crippen molar-refractivity contribution in [2.24, 2.45) is 0 Å². The van der Waals surface area contributed by atoms with E-state index in [-0.39, 0.29) is 12.8 Å². The highest BCUT2D eigenvalue weighted by Crippen LogP contribution is 2.17. The second-order valence-corrected chi connectivity index (χ2v) is 5.43. The van der Waals surface area contributed by atoms with Gasteiger partial charge in [-0.3, -0.25) is 9.29 Å². The van der Waals surface area contributed by atoms with Crippen LogP contribution in [-0.2, 0) is 0 Å². The molecule has 1 aromatic rings. The van der Waals surface area contributed by atoms with Crippen molar-refractivity contribution < 1.29 is 9.13 Å². The van der Waals surface area contributed by atoms with Gasteiger partial charge in [0.2, 0.25) is 5.88 Å². The third-order valence-corrected chi connectivity index (χ3v) is 3.46. The lowest BCUT2D eigenvalue weighted by Crippen LogP contribution is -2.26. The quantitative estimate of drug-likeness (QED) is 0.763. The van der Waals surface area contributed by atoms with Crippen LogP contribution in [0.4, 0.5) is 4.39 Å². The summed E-state index contributed by atoms with van der Waals surface area (Å²) in [5.74, 6) is 0.683. The molecule has 1 aliphatic rings. The van der Waals surface area contributed by atoms with E-state index in [2.05, 4.69) is 32.5 Å². The Hall–Kier alpha value is -0.430. The molecule has 1 atom stereocenters. The number of nitrogens with zero attached hydrogens (tertiary/aromatic N) is 2. The van der Waals surface area contributed by atoms with Gasteiger partial charge in [-0.2, -0.15) is 0 Å². The number of halogens is 2. The average molecular weight is 350 g/mol. The summed E-state index contributed by atoms with van der Waals surface area (Å²) in [7, 11) is 0. The van der Waals surface area contributed by atoms with E-state index in [0.29, 0.717) is 12.3 Å². The van der Waals surface area contributed by atoms with Gasteiger partial charge >= 0.3 is 0 Å². The smallest absolute Gasteiger partial charge is 0.213 e. The Morgan fingerprint density at radius 2 is 2.41 bits per heavy atom. The maximum absolute atomic E-state index is 12.1. The van der Waals surface area contributed by atoms with Gasteiger partial charge in [0.1, 0.15) is 6.10 Å². The molecule has 0 aromatic carbocycles. The lowest BCUT2D eigenvalue weighted by atomic mass is 10.3. The molecule has 0 unspecified atom stereocenters. The van der Waals surface area contributed by atoms with E-state index in [1.54, 1.807) is 6.20 Å². The number of pyridine rings is 1. The fraction of sp³-hybridized carbons (Fsp3) is 0.583. The Morgan fingerprint density at radius 3 is 3.12 bits per heavy atom. The Balaban J connectivity index is 1.79.